The fraction of sp³-hybridized carbons (Fsp3) is 0.500. The molecule has 0 aromatic heterocycles. The van der Waals surface area contributed by atoms with E-state index in [4.69, 9.17) is 0 Å². The first-order valence-electron chi connectivity index (χ1n) is 6.53. The fourth-order valence-corrected chi connectivity index (χ4v) is 3.44. The van der Waals surface area contributed by atoms with Gasteiger partial charge >= 0.3 is 5.69 Å². The Morgan fingerprint density at radius 1 is 1.29 bits per heavy atom. The van der Waals surface area contributed by atoms with Gasteiger partial charge in [-0.15, -0.1) is 4.83 Å². The number of piperidine rings is 1. The van der Waals surface area contributed by atoms with E-state index in [0.29, 0.717) is 13.1 Å². The summed E-state index contributed by atoms with van der Waals surface area (Å²) < 4.78 is 38.1. The van der Waals surface area contributed by atoms with Crippen molar-refractivity contribution in [2.45, 2.75) is 31.1 Å². The number of aryl methyl sites for hydroxylation is 1. The maximum atomic E-state index is 13.6. The summed E-state index contributed by atoms with van der Waals surface area (Å²) in [7, 11) is -3.95. The number of nitrogens with zero attached hydrogens (tertiary/aromatic N) is 2. The van der Waals surface area contributed by atoms with Gasteiger partial charge in [-0.3, -0.25) is 10.1 Å². The molecule has 1 heterocycles. The minimum atomic E-state index is -3.95. The number of hydrazine groups is 1. The second-order valence-electron chi connectivity index (χ2n) is 4.97. The maximum absolute atomic E-state index is 13.6. The van der Waals surface area contributed by atoms with Gasteiger partial charge in [0, 0.05) is 19.2 Å². The van der Waals surface area contributed by atoms with Crippen molar-refractivity contribution < 1.29 is 17.7 Å². The predicted molar refractivity (Wildman–Crippen MR) is 73.5 cm³/mol. The summed E-state index contributed by atoms with van der Waals surface area (Å²) >= 11 is 0. The number of hydrogen-bond acceptors (Lipinski definition) is 5. The van der Waals surface area contributed by atoms with Crippen LogP contribution in [0, 0.1) is 22.9 Å². The van der Waals surface area contributed by atoms with Crippen LogP contribution in [0.2, 0.25) is 0 Å². The summed E-state index contributed by atoms with van der Waals surface area (Å²) in [5, 5.41) is 12.3. The van der Waals surface area contributed by atoms with Gasteiger partial charge in [-0.05, 0) is 31.4 Å². The molecule has 1 aliphatic rings. The molecule has 0 spiro atoms. The minimum Gasteiger partial charge on any atom is -0.258 e. The molecule has 0 atom stereocenters. The van der Waals surface area contributed by atoms with E-state index in [9.17, 15) is 22.9 Å². The van der Waals surface area contributed by atoms with E-state index in [1.165, 1.54) is 6.92 Å². The van der Waals surface area contributed by atoms with Crippen molar-refractivity contribution in [1.29, 1.82) is 0 Å². The Balaban J connectivity index is 2.33. The number of sulfonamides is 1. The average Bonchev–Trinajstić information content (AvgIpc) is 2.41. The molecule has 116 valence electrons. The zero-order valence-corrected chi connectivity index (χ0v) is 12.3. The zero-order chi connectivity index (χ0) is 15.6. The Kier molecular flexibility index (Phi) is 4.55. The number of benzene rings is 1. The molecule has 0 unspecified atom stereocenters. The van der Waals surface area contributed by atoms with Crippen LogP contribution in [0.4, 0.5) is 10.1 Å². The van der Waals surface area contributed by atoms with E-state index in [1.54, 1.807) is 5.01 Å². The lowest BCUT2D eigenvalue weighted by atomic mass is 10.2. The SMILES string of the molecule is Cc1cc(S(=O)(=O)NN2CCCCC2)cc([N+](=O)[O-])c1F. The molecule has 2 rings (SSSR count). The predicted octanol–water partition coefficient (Wildman–Crippen LogP) is 1.72. The van der Waals surface area contributed by atoms with Crippen molar-refractivity contribution in [1.82, 2.24) is 9.84 Å². The standard InChI is InChI=1S/C12H16FN3O4S/c1-9-7-10(8-11(12(9)13)16(17)18)21(19,20)14-15-5-3-2-4-6-15/h7-8,14H,2-6H2,1H3. The monoisotopic (exact) mass is 317 g/mol. The molecule has 1 N–H and O–H groups in total. The molecule has 1 aromatic carbocycles. The van der Waals surface area contributed by atoms with E-state index in [-0.39, 0.29) is 10.5 Å². The first kappa shape index (κ1) is 15.8. The molecule has 0 saturated carbocycles. The first-order chi connectivity index (χ1) is 9.81. The largest absolute Gasteiger partial charge is 0.306 e. The van der Waals surface area contributed by atoms with Gasteiger partial charge in [0.05, 0.1) is 9.82 Å². The normalized spacial score (nSPS) is 16.9. The summed E-state index contributed by atoms with van der Waals surface area (Å²) in [4.78, 5) is 11.9. The Morgan fingerprint density at radius 3 is 2.48 bits per heavy atom. The third-order valence-electron chi connectivity index (χ3n) is 3.32. The van der Waals surface area contributed by atoms with Crippen LogP contribution in [-0.4, -0.2) is 31.4 Å². The van der Waals surface area contributed by atoms with E-state index in [0.717, 1.165) is 31.4 Å². The second kappa shape index (κ2) is 6.04. The van der Waals surface area contributed by atoms with Crippen LogP contribution in [0.15, 0.2) is 17.0 Å². The van der Waals surface area contributed by atoms with Crippen LogP contribution in [-0.2, 0) is 10.0 Å². The van der Waals surface area contributed by atoms with Crippen molar-refractivity contribution in [3.8, 4) is 0 Å². The molecule has 21 heavy (non-hydrogen) atoms. The van der Waals surface area contributed by atoms with Gasteiger partial charge in [0.25, 0.3) is 10.0 Å². The van der Waals surface area contributed by atoms with E-state index in [1.807, 2.05) is 0 Å². The van der Waals surface area contributed by atoms with Gasteiger partial charge in [0.15, 0.2) is 0 Å². The molecule has 0 bridgehead atoms. The fourth-order valence-electron chi connectivity index (χ4n) is 2.21. The highest BCUT2D eigenvalue weighted by Crippen LogP contribution is 2.25. The molecular formula is C12H16FN3O4S. The lowest BCUT2D eigenvalue weighted by Gasteiger charge is -2.26. The summed E-state index contributed by atoms with van der Waals surface area (Å²) in [5.74, 6) is -1.02. The van der Waals surface area contributed by atoms with Crippen LogP contribution < -0.4 is 4.83 Å². The highest BCUT2D eigenvalue weighted by Gasteiger charge is 2.25. The average molecular weight is 317 g/mol. The van der Waals surface area contributed by atoms with Crippen molar-refractivity contribution in [2.24, 2.45) is 0 Å². The molecular weight excluding hydrogens is 301 g/mol. The topological polar surface area (TPSA) is 92.6 Å². The highest BCUT2D eigenvalue weighted by atomic mass is 32.2. The van der Waals surface area contributed by atoms with Crippen LogP contribution >= 0.6 is 0 Å². The molecule has 0 amide bonds. The van der Waals surface area contributed by atoms with Crippen molar-refractivity contribution in [3.05, 3.63) is 33.6 Å². The van der Waals surface area contributed by atoms with Crippen LogP contribution in [0.5, 0.6) is 0 Å². The number of rotatable bonds is 4. The number of halogens is 1. The molecule has 1 fully saturated rings. The summed E-state index contributed by atoms with van der Waals surface area (Å²) in [6, 6.07) is 1.84. The Morgan fingerprint density at radius 2 is 1.90 bits per heavy atom. The number of nitro benzene ring substituents is 1. The maximum Gasteiger partial charge on any atom is 0.306 e. The summed E-state index contributed by atoms with van der Waals surface area (Å²) in [5.41, 5.74) is -0.919. The van der Waals surface area contributed by atoms with Gasteiger partial charge in [0.1, 0.15) is 0 Å². The Hall–Kier alpha value is -1.58. The Bertz CT molecular complexity index is 657. The minimum absolute atomic E-state index is 0.0804. The molecule has 0 aliphatic carbocycles. The number of nitro groups is 1. The molecule has 9 heteroatoms. The lowest BCUT2D eigenvalue weighted by Crippen LogP contribution is -2.44. The third-order valence-corrected chi connectivity index (χ3v) is 4.68. The van der Waals surface area contributed by atoms with Crippen LogP contribution in [0.3, 0.4) is 0 Å². The van der Waals surface area contributed by atoms with E-state index >= 15 is 0 Å². The zero-order valence-electron chi connectivity index (χ0n) is 11.5. The third kappa shape index (κ3) is 3.55. The highest BCUT2D eigenvalue weighted by molar-refractivity contribution is 7.89. The van der Waals surface area contributed by atoms with Gasteiger partial charge < -0.3 is 0 Å². The number of nitrogens with one attached hydrogen (secondary N) is 1. The second-order valence-corrected chi connectivity index (χ2v) is 6.63. The molecule has 0 radical (unpaired) electrons. The smallest absolute Gasteiger partial charge is 0.258 e. The van der Waals surface area contributed by atoms with Gasteiger partial charge in [-0.25, -0.2) is 13.4 Å². The molecule has 1 saturated heterocycles. The lowest BCUT2D eigenvalue weighted by molar-refractivity contribution is -0.387. The summed E-state index contributed by atoms with van der Waals surface area (Å²) in [6.07, 6.45) is 2.80. The quantitative estimate of drug-likeness (QED) is 0.674. The number of hydrogen-bond donors (Lipinski definition) is 1. The van der Waals surface area contributed by atoms with E-state index < -0.39 is 26.5 Å². The van der Waals surface area contributed by atoms with Gasteiger partial charge in [-0.1, -0.05) is 6.42 Å². The molecule has 7 nitrogen and oxygen atoms in total. The van der Waals surface area contributed by atoms with Crippen LogP contribution in [0.25, 0.3) is 0 Å². The van der Waals surface area contributed by atoms with E-state index in [2.05, 4.69) is 4.83 Å². The molecule has 1 aliphatic heterocycles. The van der Waals surface area contributed by atoms with Crippen molar-refractivity contribution in [3.63, 3.8) is 0 Å². The van der Waals surface area contributed by atoms with Gasteiger partial charge in [-0.2, -0.15) is 4.39 Å². The van der Waals surface area contributed by atoms with Crippen molar-refractivity contribution in [2.75, 3.05) is 13.1 Å². The molecule has 1 aromatic rings. The summed E-state index contributed by atoms with van der Waals surface area (Å²) in [6.45, 7) is 2.46. The van der Waals surface area contributed by atoms with Crippen LogP contribution in [0.1, 0.15) is 24.8 Å². The van der Waals surface area contributed by atoms with Crippen molar-refractivity contribution >= 4 is 15.7 Å². The van der Waals surface area contributed by atoms with Gasteiger partial charge in [0.2, 0.25) is 5.82 Å². The first-order valence-corrected chi connectivity index (χ1v) is 8.01. The Labute approximate surface area is 121 Å².